The fourth-order valence-corrected chi connectivity index (χ4v) is 7.70. The quantitative estimate of drug-likeness (QED) is 0.109. The SMILES string of the molecule is CC(C)(C)C(=O)OCOC(=O)C(C(=O)N[C@]1(CSc2nncs2)C(=O)N2C(C(=O)O)=CCS[C@@H]21)c1cc(Cl)c(O)c(Cl)c1. The Morgan fingerprint density at radius 1 is 1.23 bits per heavy atom. The van der Waals surface area contributed by atoms with Crippen molar-refractivity contribution in [2.24, 2.45) is 5.41 Å². The zero-order chi connectivity index (χ0) is 31.7. The van der Waals surface area contributed by atoms with Gasteiger partial charge in [0, 0.05) is 11.5 Å². The van der Waals surface area contributed by atoms with Crippen molar-refractivity contribution >= 4 is 87.8 Å². The number of aromatic nitrogens is 2. The van der Waals surface area contributed by atoms with Gasteiger partial charge in [0.05, 0.1) is 15.5 Å². The van der Waals surface area contributed by atoms with Crippen LogP contribution in [0.3, 0.4) is 0 Å². The van der Waals surface area contributed by atoms with Crippen LogP contribution < -0.4 is 5.32 Å². The van der Waals surface area contributed by atoms with Gasteiger partial charge in [0.1, 0.15) is 16.6 Å². The molecular formula is C25H24Cl2N4O9S3. The molecule has 230 valence electrons. The number of carboxylic acids is 1. The molecule has 43 heavy (non-hydrogen) atoms. The summed E-state index contributed by atoms with van der Waals surface area (Å²) in [6, 6.07) is 2.27. The molecule has 0 radical (unpaired) electrons. The highest BCUT2D eigenvalue weighted by atomic mass is 35.5. The van der Waals surface area contributed by atoms with Crippen molar-refractivity contribution in [1.29, 1.82) is 0 Å². The van der Waals surface area contributed by atoms with Crippen LogP contribution in [-0.4, -0.2) is 84.2 Å². The summed E-state index contributed by atoms with van der Waals surface area (Å²) in [5.41, 5.74) is -1.40. The molecule has 0 aliphatic carbocycles. The third-order valence-corrected chi connectivity index (χ3v) is 10.2. The van der Waals surface area contributed by atoms with E-state index in [4.69, 9.17) is 32.7 Å². The van der Waals surface area contributed by atoms with Crippen molar-refractivity contribution < 1.29 is 43.7 Å². The molecule has 1 saturated heterocycles. The fourth-order valence-electron chi connectivity index (χ4n) is 4.11. The minimum atomic E-state index is -1.79. The van der Waals surface area contributed by atoms with E-state index < -0.39 is 64.5 Å². The third-order valence-electron chi connectivity index (χ3n) is 6.25. The lowest BCUT2D eigenvalue weighted by atomic mass is 9.87. The summed E-state index contributed by atoms with van der Waals surface area (Å²) in [5.74, 6) is -6.98. The first-order valence-electron chi connectivity index (χ1n) is 12.3. The van der Waals surface area contributed by atoms with Gasteiger partial charge in [0.15, 0.2) is 21.5 Å². The van der Waals surface area contributed by atoms with Crippen molar-refractivity contribution in [3.05, 3.63) is 45.0 Å². The molecule has 3 N–H and O–H groups in total. The van der Waals surface area contributed by atoms with E-state index in [1.54, 1.807) is 20.8 Å². The summed E-state index contributed by atoms with van der Waals surface area (Å²) in [6.07, 6.45) is 1.39. The average molecular weight is 692 g/mol. The fraction of sp³-hybridized carbons (Fsp3) is 0.400. The molecule has 13 nitrogen and oxygen atoms in total. The van der Waals surface area contributed by atoms with Crippen molar-refractivity contribution in [1.82, 2.24) is 20.4 Å². The van der Waals surface area contributed by atoms with Crippen LogP contribution in [-0.2, 0) is 33.4 Å². The Labute approximate surface area is 267 Å². The molecule has 18 heteroatoms. The summed E-state index contributed by atoms with van der Waals surface area (Å²) in [6.45, 7) is 3.98. The molecule has 3 atom stereocenters. The standard InChI is InChI=1S/C25H24Cl2N4O9S3/c1-24(2,3)22(38)40-10-39-19(36)15(11-6-12(26)16(32)13(27)7-11)17(33)29-25(8-42-23-30-28-9-43-23)20(37)31-14(18(34)35)4-5-41-21(25)31/h4,6-7,9,15,21,32H,5,8,10H2,1-3H3,(H,29,33)(H,34,35)/t15?,21-,25-/m1/s1. The molecule has 0 bridgehead atoms. The highest BCUT2D eigenvalue weighted by Gasteiger charge is 2.65. The van der Waals surface area contributed by atoms with E-state index in [1.807, 2.05) is 0 Å². The van der Waals surface area contributed by atoms with Crippen molar-refractivity contribution in [2.45, 2.75) is 41.9 Å². The number of phenolic OH excluding ortho intramolecular Hbond substituents is 1. The number of rotatable bonds is 10. The summed E-state index contributed by atoms with van der Waals surface area (Å²) >= 11 is 15.7. The third kappa shape index (κ3) is 6.72. The van der Waals surface area contributed by atoms with E-state index in [-0.39, 0.29) is 32.8 Å². The topological polar surface area (TPSA) is 185 Å². The lowest BCUT2D eigenvalue weighted by molar-refractivity contribution is -0.174. The Bertz CT molecular complexity index is 1480. The summed E-state index contributed by atoms with van der Waals surface area (Å²) in [7, 11) is 0. The number of amides is 2. The molecule has 1 fully saturated rings. The molecule has 2 aliphatic heterocycles. The normalized spacial score (nSPS) is 20.3. The number of nitrogens with zero attached hydrogens (tertiary/aromatic N) is 3. The first-order chi connectivity index (χ1) is 20.2. The second-order valence-corrected chi connectivity index (χ2v) is 14.2. The molecule has 1 unspecified atom stereocenters. The highest BCUT2D eigenvalue weighted by molar-refractivity contribution is 8.01. The number of β-lactam (4-membered cyclic amide) rings is 1. The maximum absolute atomic E-state index is 13.9. The van der Waals surface area contributed by atoms with E-state index >= 15 is 0 Å². The van der Waals surface area contributed by atoms with Crippen molar-refractivity contribution in [3.63, 3.8) is 0 Å². The Balaban J connectivity index is 1.67. The molecule has 3 heterocycles. The van der Waals surface area contributed by atoms with Gasteiger partial charge >= 0.3 is 17.9 Å². The number of aromatic hydroxyl groups is 1. The molecule has 2 amide bonds. The van der Waals surface area contributed by atoms with E-state index in [2.05, 4.69) is 15.5 Å². The number of esters is 2. The number of carbonyl (C=O) groups is 5. The van der Waals surface area contributed by atoms with Gasteiger partial charge in [0.2, 0.25) is 12.7 Å². The maximum atomic E-state index is 13.9. The zero-order valence-corrected chi connectivity index (χ0v) is 26.6. The number of aliphatic carboxylic acids is 1. The number of thioether (sulfide) groups is 2. The monoisotopic (exact) mass is 690 g/mol. The second kappa shape index (κ2) is 12.9. The first-order valence-corrected chi connectivity index (χ1v) is 16.0. The number of carbonyl (C=O) groups excluding carboxylic acids is 4. The first kappa shape index (κ1) is 32.9. The van der Waals surface area contributed by atoms with Crippen molar-refractivity contribution in [3.8, 4) is 5.75 Å². The average Bonchev–Trinajstić information content (AvgIpc) is 3.46. The number of phenols is 1. The number of hydrogen-bond donors (Lipinski definition) is 3. The van der Waals surface area contributed by atoms with E-state index in [9.17, 15) is 34.2 Å². The molecule has 1 aromatic heterocycles. The largest absolute Gasteiger partial charge is 0.505 e. The number of benzene rings is 1. The van der Waals surface area contributed by atoms with Gasteiger partial charge in [-0.3, -0.25) is 24.1 Å². The summed E-state index contributed by atoms with van der Waals surface area (Å²) in [5, 5.41) is 28.7. The van der Waals surface area contributed by atoms with Crippen LogP contribution in [0.15, 0.2) is 33.8 Å². The molecule has 0 spiro atoms. The Hall–Kier alpha value is -3.05. The van der Waals surface area contributed by atoms with Crippen LogP contribution in [0, 0.1) is 5.41 Å². The van der Waals surface area contributed by atoms with Gasteiger partial charge < -0.3 is 25.0 Å². The maximum Gasteiger partial charge on any atom is 0.352 e. The minimum Gasteiger partial charge on any atom is -0.505 e. The number of halogens is 2. The molecule has 2 aliphatic rings. The van der Waals surface area contributed by atoms with Crippen LogP contribution in [0.5, 0.6) is 5.75 Å². The Kier molecular flexibility index (Phi) is 9.85. The van der Waals surface area contributed by atoms with Gasteiger partial charge in [-0.15, -0.1) is 22.0 Å². The van der Waals surface area contributed by atoms with Crippen LogP contribution >= 0.6 is 58.1 Å². The van der Waals surface area contributed by atoms with Gasteiger partial charge in [-0.25, -0.2) is 4.79 Å². The number of carboxylic acid groups (broad SMARTS) is 1. The summed E-state index contributed by atoms with van der Waals surface area (Å²) < 4.78 is 10.6. The van der Waals surface area contributed by atoms with E-state index in [1.165, 1.54) is 34.7 Å². The zero-order valence-electron chi connectivity index (χ0n) is 22.7. The summed E-state index contributed by atoms with van der Waals surface area (Å²) in [4.78, 5) is 66.0. The molecular weight excluding hydrogens is 667 g/mol. The molecule has 4 rings (SSSR count). The van der Waals surface area contributed by atoms with E-state index in [0.29, 0.717) is 4.34 Å². The number of nitrogens with one attached hydrogen (secondary N) is 1. The predicted octanol–water partition coefficient (Wildman–Crippen LogP) is 3.26. The van der Waals surface area contributed by atoms with Gasteiger partial charge in [-0.1, -0.05) is 46.3 Å². The van der Waals surface area contributed by atoms with E-state index in [0.717, 1.165) is 28.8 Å². The second-order valence-electron chi connectivity index (χ2n) is 10.2. The molecule has 2 aromatic rings. The van der Waals surface area contributed by atoms with Crippen LogP contribution in [0.25, 0.3) is 0 Å². The highest BCUT2D eigenvalue weighted by Crippen LogP contribution is 2.47. The Morgan fingerprint density at radius 2 is 1.91 bits per heavy atom. The lowest BCUT2D eigenvalue weighted by Crippen LogP contribution is -2.81. The Morgan fingerprint density at radius 3 is 2.49 bits per heavy atom. The van der Waals surface area contributed by atoms with Gasteiger partial charge in [-0.2, -0.15) is 0 Å². The lowest BCUT2D eigenvalue weighted by Gasteiger charge is -2.56. The van der Waals surface area contributed by atoms with Gasteiger partial charge in [0.25, 0.3) is 5.91 Å². The van der Waals surface area contributed by atoms with Crippen LogP contribution in [0.2, 0.25) is 10.0 Å². The minimum absolute atomic E-state index is 0.0735. The van der Waals surface area contributed by atoms with Crippen LogP contribution in [0.4, 0.5) is 0 Å². The van der Waals surface area contributed by atoms with Crippen LogP contribution in [0.1, 0.15) is 32.3 Å². The number of fused-ring (bicyclic) bond motifs is 1. The molecule has 1 aromatic carbocycles. The van der Waals surface area contributed by atoms with Crippen molar-refractivity contribution in [2.75, 3.05) is 18.3 Å². The predicted molar refractivity (Wildman–Crippen MR) is 158 cm³/mol. The molecule has 0 saturated carbocycles. The van der Waals surface area contributed by atoms with Gasteiger partial charge in [-0.05, 0) is 44.5 Å². The number of ether oxygens (including phenoxy) is 2. The number of hydrogen-bond acceptors (Lipinski definition) is 13. The smallest absolute Gasteiger partial charge is 0.352 e.